The summed E-state index contributed by atoms with van der Waals surface area (Å²) >= 11 is 1.06. The van der Waals surface area contributed by atoms with E-state index in [4.69, 9.17) is 0 Å². The maximum atomic E-state index is 15.3. The van der Waals surface area contributed by atoms with Crippen LogP contribution >= 0.6 is 11.3 Å². The predicted molar refractivity (Wildman–Crippen MR) is 148 cm³/mol. The molecular weight excluding hydrogens is 527 g/mol. The molecule has 0 fully saturated rings. The first-order valence-corrected chi connectivity index (χ1v) is 14.7. The molecule has 208 valence electrons. The second-order valence-corrected chi connectivity index (χ2v) is 14.6. The second-order valence-electron chi connectivity index (χ2n) is 11.5. The molecule has 2 heterocycles. The van der Waals surface area contributed by atoms with Gasteiger partial charge in [-0.05, 0) is 43.9 Å². The maximum Gasteiger partial charge on any atom is 0.328 e. The van der Waals surface area contributed by atoms with Gasteiger partial charge in [-0.1, -0.05) is 46.8 Å². The van der Waals surface area contributed by atoms with Gasteiger partial charge in [0.2, 0.25) is 0 Å². The number of sulfonamides is 1. The lowest BCUT2D eigenvalue weighted by atomic mass is 9.95. The highest BCUT2D eigenvalue weighted by Crippen LogP contribution is 2.37. The Morgan fingerprint density at radius 3 is 2.45 bits per heavy atom. The summed E-state index contributed by atoms with van der Waals surface area (Å²) in [6.07, 6.45) is 4.13. The molecule has 0 saturated heterocycles. The number of aliphatic hydroxyl groups is 1. The molecule has 0 radical (unpaired) electrons. The first-order chi connectivity index (χ1) is 17.5. The molecule has 3 rings (SSSR count). The number of amides is 2. The third-order valence-electron chi connectivity index (χ3n) is 5.60. The van der Waals surface area contributed by atoms with Gasteiger partial charge < -0.3 is 15.0 Å². The molecule has 38 heavy (non-hydrogen) atoms. The number of hydrogen-bond donors (Lipinski definition) is 3. The van der Waals surface area contributed by atoms with Gasteiger partial charge in [-0.2, -0.15) is 0 Å². The molecule has 0 bridgehead atoms. The summed E-state index contributed by atoms with van der Waals surface area (Å²) in [6, 6.07) is 5.47. The predicted octanol–water partition coefficient (Wildman–Crippen LogP) is 5.05. The van der Waals surface area contributed by atoms with Crippen molar-refractivity contribution in [1.29, 1.82) is 0 Å². The summed E-state index contributed by atoms with van der Waals surface area (Å²) in [4.78, 5) is 17.5. The highest BCUT2D eigenvalue weighted by Gasteiger charge is 2.27. The number of urea groups is 1. The quantitative estimate of drug-likeness (QED) is 0.337. The number of thiophene rings is 1. The lowest BCUT2D eigenvalue weighted by Crippen LogP contribution is -2.45. The van der Waals surface area contributed by atoms with Gasteiger partial charge in [-0.25, -0.2) is 27.3 Å². The normalized spacial score (nSPS) is 12.7. The minimum atomic E-state index is -4.27. The van der Waals surface area contributed by atoms with Crippen molar-refractivity contribution < 1.29 is 22.7 Å². The lowest BCUT2D eigenvalue weighted by Gasteiger charge is -2.20. The summed E-state index contributed by atoms with van der Waals surface area (Å²) in [6.45, 7) is 13.3. The van der Waals surface area contributed by atoms with Crippen molar-refractivity contribution in [1.82, 2.24) is 19.6 Å². The van der Waals surface area contributed by atoms with Gasteiger partial charge in [0.25, 0.3) is 10.0 Å². The Labute approximate surface area is 228 Å². The average molecular weight is 565 g/mol. The van der Waals surface area contributed by atoms with Gasteiger partial charge in [0.1, 0.15) is 15.9 Å². The van der Waals surface area contributed by atoms with E-state index in [1.165, 1.54) is 19.9 Å². The Hall–Kier alpha value is -2.76. The Morgan fingerprint density at radius 1 is 1.18 bits per heavy atom. The van der Waals surface area contributed by atoms with Gasteiger partial charge in [0, 0.05) is 40.4 Å². The zero-order chi connectivity index (χ0) is 28.5. The van der Waals surface area contributed by atoms with Crippen LogP contribution in [0.3, 0.4) is 0 Å². The molecule has 2 aromatic heterocycles. The number of nitrogens with zero attached hydrogens (tertiary/aromatic N) is 2. The largest absolute Gasteiger partial charge is 0.389 e. The standard InChI is InChI=1S/C27H37FN4O4S2/c1-17(2)12-20-14-21(23(37-20)38(35,36)31-25(33)30-16-27(6,7)34)18-8-9-19(22(28)13-18)15-32-11-10-29-24(32)26(3,4)5/h8-11,13-14,17,34H,12,15-16H2,1-7H3,(H2,30,31,33). The van der Waals surface area contributed by atoms with E-state index in [9.17, 15) is 18.3 Å². The monoisotopic (exact) mass is 564 g/mol. The molecule has 3 aromatic rings. The van der Waals surface area contributed by atoms with Gasteiger partial charge in [0.15, 0.2) is 0 Å². The van der Waals surface area contributed by atoms with Crippen LogP contribution in [0.4, 0.5) is 9.18 Å². The average Bonchev–Trinajstić information content (AvgIpc) is 3.40. The molecule has 11 heteroatoms. The van der Waals surface area contributed by atoms with E-state index >= 15 is 4.39 Å². The zero-order valence-electron chi connectivity index (χ0n) is 22.9. The lowest BCUT2D eigenvalue weighted by molar-refractivity contribution is 0.0822. The second kappa shape index (κ2) is 11.2. The molecule has 3 N–H and O–H groups in total. The summed E-state index contributed by atoms with van der Waals surface area (Å²) in [5.74, 6) is 0.637. The Morgan fingerprint density at radius 2 is 1.87 bits per heavy atom. The molecule has 0 aliphatic rings. The minimum Gasteiger partial charge on any atom is -0.389 e. The molecule has 0 unspecified atom stereocenters. The van der Waals surface area contributed by atoms with Crippen molar-refractivity contribution in [3.63, 3.8) is 0 Å². The van der Waals surface area contributed by atoms with Crippen molar-refractivity contribution in [2.24, 2.45) is 5.92 Å². The Kier molecular flexibility index (Phi) is 8.74. The van der Waals surface area contributed by atoms with Crippen LogP contribution in [0.15, 0.2) is 40.9 Å². The summed E-state index contributed by atoms with van der Waals surface area (Å²) < 4.78 is 45.6. The van der Waals surface area contributed by atoms with Gasteiger partial charge in [0.05, 0.1) is 12.1 Å². The Bertz CT molecular complexity index is 1400. The van der Waals surface area contributed by atoms with Crippen molar-refractivity contribution in [2.75, 3.05) is 6.54 Å². The molecule has 0 aliphatic heterocycles. The first-order valence-electron chi connectivity index (χ1n) is 12.4. The topological polar surface area (TPSA) is 113 Å². The van der Waals surface area contributed by atoms with Crippen LogP contribution in [0.1, 0.15) is 64.7 Å². The number of halogens is 1. The number of hydrogen-bond acceptors (Lipinski definition) is 6. The fourth-order valence-corrected chi connectivity index (χ4v) is 6.81. The van der Waals surface area contributed by atoms with Crippen molar-refractivity contribution in [3.8, 4) is 11.1 Å². The molecule has 0 spiro atoms. The van der Waals surface area contributed by atoms with Crippen LogP contribution in [-0.4, -0.2) is 41.3 Å². The van der Waals surface area contributed by atoms with Gasteiger partial charge >= 0.3 is 6.03 Å². The molecule has 2 amide bonds. The van der Waals surface area contributed by atoms with Gasteiger partial charge in [-0.3, -0.25) is 0 Å². The molecular formula is C27H37FN4O4S2. The molecule has 0 atom stereocenters. The number of nitrogens with one attached hydrogen (secondary N) is 2. The van der Waals surface area contributed by atoms with Crippen LogP contribution in [-0.2, 0) is 28.4 Å². The van der Waals surface area contributed by atoms with Crippen LogP contribution in [0, 0.1) is 11.7 Å². The van der Waals surface area contributed by atoms with Crippen molar-refractivity contribution in [2.45, 2.75) is 76.7 Å². The number of rotatable bonds is 9. The van der Waals surface area contributed by atoms with E-state index in [1.54, 1.807) is 24.4 Å². The third kappa shape index (κ3) is 7.64. The summed E-state index contributed by atoms with van der Waals surface area (Å²) in [5.41, 5.74) is -0.237. The van der Waals surface area contributed by atoms with Crippen LogP contribution in [0.5, 0.6) is 0 Å². The van der Waals surface area contributed by atoms with E-state index in [0.29, 0.717) is 23.1 Å². The van der Waals surface area contributed by atoms with E-state index in [-0.39, 0.29) is 28.6 Å². The third-order valence-corrected chi connectivity index (χ3v) is 8.62. The van der Waals surface area contributed by atoms with Gasteiger partial charge in [-0.15, -0.1) is 11.3 Å². The zero-order valence-corrected chi connectivity index (χ0v) is 24.6. The van der Waals surface area contributed by atoms with E-state index < -0.39 is 27.5 Å². The number of carbonyl (C=O) groups is 1. The highest BCUT2D eigenvalue weighted by molar-refractivity contribution is 7.92. The first kappa shape index (κ1) is 29.8. The van der Waals surface area contributed by atoms with Crippen molar-refractivity contribution >= 4 is 27.4 Å². The summed E-state index contributed by atoms with van der Waals surface area (Å²) in [5, 5.41) is 12.2. The smallest absolute Gasteiger partial charge is 0.328 e. The fraction of sp³-hybridized carbons (Fsp3) is 0.481. The SMILES string of the molecule is CC(C)Cc1cc(-c2ccc(Cn3ccnc3C(C)(C)C)c(F)c2)c(S(=O)(=O)NC(=O)NCC(C)(C)O)s1. The summed E-state index contributed by atoms with van der Waals surface area (Å²) in [7, 11) is -4.27. The van der Waals surface area contributed by atoms with Crippen LogP contribution < -0.4 is 10.0 Å². The van der Waals surface area contributed by atoms with Crippen LogP contribution in [0.25, 0.3) is 11.1 Å². The number of carbonyl (C=O) groups excluding carboxylic acids is 1. The molecule has 1 aromatic carbocycles. The Balaban J connectivity index is 1.95. The van der Waals surface area contributed by atoms with Crippen molar-refractivity contribution in [3.05, 3.63) is 58.7 Å². The number of aromatic nitrogens is 2. The van der Waals surface area contributed by atoms with E-state index in [0.717, 1.165) is 22.0 Å². The van der Waals surface area contributed by atoms with E-state index in [1.807, 2.05) is 50.1 Å². The molecule has 8 nitrogen and oxygen atoms in total. The van der Waals surface area contributed by atoms with E-state index in [2.05, 4.69) is 10.3 Å². The highest BCUT2D eigenvalue weighted by atomic mass is 32.2. The fourth-order valence-electron chi connectivity index (χ4n) is 3.94. The maximum absolute atomic E-state index is 15.3. The minimum absolute atomic E-state index is 0.0664. The number of benzene rings is 1. The van der Waals surface area contributed by atoms with Crippen LogP contribution in [0.2, 0.25) is 0 Å². The molecule has 0 saturated carbocycles. The molecule has 0 aliphatic carbocycles. The number of imidazole rings is 1.